The second-order valence-electron chi connectivity index (χ2n) is 4.81. The van der Waals surface area contributed by atoms with Crippen LogP contribution in [0.2, 0.25) is 0 Å². The quantitative estimate of drug-likeness (QED) is 0.780. The van der Waals surface area contributed by atoms with Crippen molar-refractivity contribution in [2.45, 2.75) is 6.92 Å². The van der Waals surface area contributed by atoms with Crippen LogP contribution in [-0.2, 0) is 0 Å². The van der Waals surface area contributed by atoms with Crippen molar-refractivity contribution in [2.24, 2.45) is 0 Å². The number of ether oxygens (including phenoxy) is 2. The molecule has 0 aliphatic rings. The summed E-state index contributed by atoms with van der Waals surface area (Å²) in [6.45, 7) is 2.44. The van der Waals surface area contributed by atoms with E-state index in [4.69, 9.17) is 9.47 Å². The maximum absolute atomic E-state index is 13.0. The Labute approximate surface area is 133 Å². The number of methoxy groups -OCH3 is 1. The number of rotatable bonds is 5. The monoisotopic (exact) mass is 313 g/mol. The zero-order valence-corrected chi connectivity index (χ0v) is 12.8. The molecule has 0 saturated carbocycles. The Kier molecular flexibility index (Phi) is 4.23. The number of aromatic nitrogens is 3. The van der Waals surface area contributed by atoms with Gasteiger partial charge in [-0.05, 0) is 49.4 Å². The van der Waals surface area contributed by atoms with Gasteiger partial charge in [0.2, 0.25) is 0 Å². The first-order valence-corrected chi connectivity index (χ1v) is 7.21. The molecule has 0 unspecified atom stereocenters. The summed E-state index contributed by atoms with van der Waals surface area (Å²) in [6.07, 6.45) is 0. The third-order valence-electron chi connectivity index (χ3n) is 3.32. The van der Waals surface area contributed by atoms with Crippen molar-refractivity contribution >= 4 is 0 Å². The molecular formula is C17H16FN3O2. The van der Waals surface area contributed by atoms with Crippen LogP contribution in [0.25, 0.3) is 22.8 Å². The molecule has 0 radical (unpaired) electrons. The van der Waals surface area contributed by atoms with E-state index in [1.54, 1.807) is 19.2 Å². The molecule has 0 spiro atoms. The van der Waals surface area contributed by atoms with Gasteiger partial charge in [-0.15, -0.1) is 0 Å². The van der Waals surface area contributed by atoms with E-state index in [9.17, 15) is 4.39 Å². The van der Waals surface area contributed by atoms with E-state index in [2.05, 4.69) is 15.2 Å². The van der Waals surface area contributed by atoms with E-state index < -0.39 is 0 Å². The van der Waals surface area contributed by atoms with E-state index in [-0.39, 0.29) is 5.82 Å². The van der Waals surface area contributed by atoms with Gasteiger partial charge < -0.3 is 9.47 Å². The minimum atomic E-state index is -0.287. The molecule has 0 aliphatic heterocycles. The van der Waals surface area contributed by atoms with Crippen LogP contribution in [0.4, 0.5) is 4.39 Å². The van der Waals surface area contributed by atoms with Gasteiger partial charge in [0.1, 0.15) is 5.82 Å². The topological polar surface area (TPSA) is 60.0 Å². The number of halogens is 1. The first-order chi connectivity index (χ1) is 11.2. The van der Waals surface area contributed by atoms with Crippen LogP contribution in [0.15, 0.2) is 42.5 Å². The van der Waals surface area contributed by atoms with Gasteiger partial charge in [-0.2, -0.15) is 5.10 Å². The number of benzene rings is 2. The molecule has 0 aliphatic carbocycles. The highest BCUT2D eigenvalue weighted by atomic mass is 19.1. The molecular weight excluding hydrogens is 297 g/mol. The van der Waals surface area contributed by atoms with Gasteiger partial charge in [-0.1, -0.05) is 0 Å². The molecule has 118 valence electrons. The lowest BCUT2D eigenvalue weighted by Crippen LogP contribution is -1.96. The number of hydrogen-bond donors (Lipinski definition) is 1. The maximum Gasteiger partial charge on any atom is 0.181 e. The summed E-state index contributed by atoms with van der Waals surface area (Å²) in [5.41, 5.74) is 1.57. The molecule has 5 nitrogen and oxygen atoms in total. The Hall–Kier alpha value is -2.89. The van der Waals surface area contributed by atoms with Crippen LogP contribution < -0.4 is 9.47 Å². The Morgan fingerprint density at radius 2 is 1.78 bits per heavy atom. The summed E-state index contributed by atoms with van der Waals surface area (Å²) >= 11 is 0. The number of nitrogens with one attached hydrogen (secondary N) is 1. The van der Waals surface area contributed by atoms with Crippen LogP contribution >= 0.6 is 0 Å². The van der Waals surface area contributed by atoms with E-state index in [0.29, 0.717) is 29.8 Å². The smallest absolute Gasteiger partial charge is 0.181 e. The second kappa shape index (κ2) is 6.48. The van der Waals surface area contributed by atoms with Crippen molar-refractivity contribution in [1.29, 1.82) is 0 Å². The SMILES string of the molecule is CCOc1cc(-c2n[nH]c(-c3ccc(F)cc3)n2)ccc1OC. The fraction of sp³-hybridized carbons (Fsp3) is 0.176. The zero-order valence-electron chi connectivity index (χ0n) is 12.8. The van der Waals surface area contributed by atoms with Crippen molar-refractivity contribution in [3.63, 3.8) is 0 Å². The molecule has 1 N–H and O–H groups in total. The van der Waals surface area contributed by atoms with Crippen LogP contribution in [0.1, 0.15) is 6.92 Å². The van der Waals surface area contributed by atoms with Gasteiger partial charge in [0.25, 0.3) is 0 Å². The summed E-state index contributed by atoms with van der Waals surface area (Å²) in [6, 6.07) is 11.6. The molecule has 0 fully saturated rings. The van der Waals surface area contributed by atoms with E-state index in [1.165, 1.54) is 12.1 Å². The standard InChI is InChI=1S/C17H16FN3O2/c1-3-23-15-10-12(6-9-14(15)22-2)17-19-16(20-21-17)11-4-7-13(18)8-5-11/h4-10H,3H2,1-2H3,(H,19,20,21). The first kappa shape index (κ1) is 15.0. The Morgan fingerprint density at radius 3 is 2.48 bits per heavy atom. The third kappa shape index (κ3) is 3.15. The lowest BCUT2D eigenvalue weighted by molar-refractivity contribution is 0.311. The molecule has 3 aromatic rings. The third-order valence-corrected chi connectivity index (χ3v) is 3.32. The number of nitrogens with zero attached hydrogens (tertiary/aromatic N) is 2. The van der Waals surface area contributed by atoms with Crippen molar-refractivity contribution in [3.05, 3.63) is 48.3 Å². The van der Waals surface area contributed by atoms with E-state index in [0.717, 1.165) is 11.1 Å². The number of hydrogen-bond acceptors (Lipinski definition) is 4. The zero-order chi connectivity index (χ0) is 16.2. The summed E-state index contributed by atoms with van der Waals surface area (Å²) in [4.78, 5) is 4.45. The van der Waals surface area contributed by atoms with Crippen molar-refractivity contribution in [1.82, 2.24) is 15.2 Å². The van der Waals surface area contributed by atoms with E-state index in [1.807, 2.05) is 25.1 Å². The molecule has 0 bridgehead atoms. The summed E-state index contributed by atoms with van der Waals surface area (Å²) in [7, 11) is 1.59. The van der Waals surface area contributed by atoms with Gasteiger partial charge in [-0.25, -0.2) is 9.37 Å². The highest BCUT2D eigenvalue weighted by Gasteiger charge is 2.11. The van der Waals surface area contributed by atoms with Crippen molar-refractivity contribution in [3.8, 4) is 34.3 Å². The molecule has 0 amide bonds. The van der Waals surface area contributed by atoms with Gasteiger partial charge in [0.05, 0.1) is 13.7 Å². The molecule has 0 atom stereocenters. The minimum Gasteiger partial charge on any atom is -0.493 e. The Bertz CT molecular complexity index is 800. The van der Waals surface area contributed by atoms with E-state index >= 15 is 0 Å². The molecule has 23 heavy (non-hydrogen) atoms. The highest BCUT2D eigenvalue weighted by Crippen LogP contribution is 2.31. The lowest BCUT2D eigenvalue weighted by atomic mass is 10.2. The van der Waals surface area contributed by atoms with Crippen molar-refractivity contribution in [2.75, 3.05) is 13.7 Å². The minimum absolute atomic E-state index is 0.287. The fourth-order valence-electron chi connectivity index (χ4n) is 2.21. The van der Waals surface area contributed by atoms with Gasteiger partial charge in [-0.3, -0.25) is 5.10 Å². The van der Waals surface area contributed by atoms with Crippen LogP contribution in [0, 0.1) is 5.82 Å². The lowest BCUT2D eigenvalue weighted by Gasteiger charge is -2.09. The van der Waals surface area contributed by atoms with Crippen LogP contribution in [-0.4, -0.2) is 28.9 Å². The van der Waals surface area contributed by atoms with Crippen molar-refractivity contribution < 1.29 is 13.9 Å². The maximum atomic E-state index is 13.0. The molecule has 1 heterocycles. The highest BCUT2D eigenvalue weighted by molar-refractivity contribution is 5.64. The number of H-pyrrole nitrogens is 1. The van der Waals surface area contributed by atoms with Gasteiger partial charge >= 0.3 is 0 Å². The van der Waals surface area contributed by atoms with Gasteiger partial charge in [0.15, 0.2) is 23.1 Å². The van der Waals surface area contributed by atoms with Crippen LogP contribution in [0.5, 0.6) is 11.5 Å². The predicted octanol–water partition coefficient (Wildman–Crippen LogP) is 3.69. The first-order valence-electron chi connectivity index (χ1n) is 7.21. The molecule has 1 aromatic heterocycles. The van der Waals surface area contributed by atoms with Crippen LogP contribution in [0.3, 0.4) is 0 Å². The second-order valence-corrected chi connectivity index (χ2v) is 4.81. The Morgan fingerprint density at radius 1 is 1.04 bits per heavy atom. The normalized spacial score (nSPS) is 10.6. The largest absolute Gasteiger partial charge is 0.493 e. The molecule has 6 heteroatoms. The summed E-state index contributed by atoms with van der Waals surface area (Å²) in [5, 5.41) is 7.08. The predicted molar refractivity (Wildman–Crippen MR) is 84.9 cm³/mol. The average Bonchev–Trinajstić information content (AvgIpc) is 3.06. The average molecular weight is 313 g/mol. The molecule has 2 aromatic carbocycles. The Balaban J connectivity index is 1.93. The molecule has 0 saturated heterocycles. The summed E-state index contributed by atoms with van der Waals surface area (Å²) < 4.78 is 23.8. The molecule has 3 rings (SSSR count). The fourth-order valence-corrected chi connectivity index (χ4v) is 2.21. The summed E-state index contributed by atoms with van der Waals surface area (Å²) in [5.74, 6) is 2.12. The van der Waals surface area contributed by atoms with Gasteiger partial charge in [0, 0.05) is 11.1 Å². The number of aromatic amines is 1.